The van der Waals surface area contributed by atoms with E-state index >= 15 is 0 Å². The number of nitrogens with zero attached hydrogens (tertiary/aromatic N) is 1. The van der Waals surface area contributed by atoms with E-state index in [1.165, 1.54) is 9.18 Å². The van der Waals surface area contributed by atoms with Crippen molar-refractivity contribution in [3.63, 3.8) is 0 Å². The number of anilines is 1. The molecule has 0 bridgehead atoms. The van der Waals surface area contributed by atoms with Crippen LogP contribution in [-0.4, -0.2) is 25.8 Å². The van der Waals surface area contributed by atoms with E-state index in [9.17, 15) is 8.42 Å². The first-order valence-corrected chi connectivity index (χ1v) is 11.7. The largest absolute Gasteiger partial charge is 0.377 e. The molecule has 1 aromatic heterocycles. The van der Waals surface area contributed by atoms with Crippen molar-refractivity contribution in [2.24, 2.45) is 5.92 Å². The van der Waals surface area contributed by atoms with Crippen molar-refractivity contribution in [3.05, 3.63) is 83.6 Å². The Morgan fingerprint density at radius 1 is 1.21 bits per heavy atom. The number of allylic oxidation sites excluding steroid dienone is 2. The van der Waals surface area contributed by atoms with Gasteiger partial charge in [-0.25, -0.2) is 8.42 Å². The summed E-state index contributed by atoms with van der Waals surface area (Å²) in [5, 5.41) is 5.76. The molecule has 2 aromatic rings. The molecule has 0 fully saturated rings. The molecule has 4 rings (SSSR count). The summed E-state index contributed by atoms with van der Waals surface area (Å²) in [5.41, 5.74) is 2.08. The Morgan fingerprint density at radius 2 is 2.00 bits per heavy atom. The predicted molar refractivity (Wildman–Crippen MR) is 116 cm³/mol. The molecule has 2 aliphatic rings. The third kappa shape index (κ3) is 3.26. The van der Waals surface area contributed by atoms with Crippen LogP contribution in [0.5, 0.6) is 0 Å². The van der Waals surface area contributed by atoms with Crippen LogP contribution < -0.4 is 5.32 Å². The quantitative estimate of drug-likeness (QED) is 0.656. The number of benzene rings is 1. The fourth-order valence-corrected chi connectivity index (χ4v) is 6.46. The summed E-state index contributed by atoms with van der Waals surface area (Å²) in [6, 6.07) is 9.96. The van der Waals surface area contributed by atoms with Gasteiger partial charge in [-0.15, -0.1) is 24.5 Å². The van der Waals surface area contributed by atoms with Crippen LogP contribution in [0.15, 0.2) is 78.1 Å². The maximum absolute atomic E-state index is 13.1. The van der Waals surface area contributed by atoms with Gasteiger partial charge in [0.1, 0.15) is 0 Å². The van der Waals surface area contributed by atoms with E-state index in [4.69, 9.17) is 0 Å². The molecular formula is C22H24N2O2S2. The molecule has 3 atom stereocenters. The van der Waals surface area contributed by atoms with Crippen LogP contribution in [0.1, 0.15) is 28.8 Å². The SMILES string of the molecule is C=CCN(CC=C)S(=O)(=O)c1ccc2c(c1)C1C=CCC1C(c1cccs1)N2. The second kappa shape index (κ2) is 7.70. The van der Waals surface area contributed by atoms with Crippen molar-refractivity contribution in [2.75, 3.05) is 18.4 Å². The predicted octanol–water partition coefficient (Wildman–Crippen LogP) is 4.94. The van der Waals surface area contributed by atoms with Crippen molar-refractivity contribution < 1.29 is 8.42 Å². The molecular weight excluding hydrogens is 388 g/mol. The lowest BCUT2D eigenvalue weighted by Crippen LogP contribution is -2.32. The summed E-state index contributed by atoms with van der Waals surface area (Å²) in [7, 11) is -3.60. The second-order valence-corrected chi connectivity index (χ2v) is 10.1. The fourth-order valence-electron chi connectivity index (χ4n) is 4.19. The molecule has 1 aromatic carbocycles. The number of rotatable bonds is 7. The van der Waals surface area contributed by atoms with Gasteiger partial charge in [0.05, 0.1) is 10.9 Å². The summed E-state index contributed by atoms with van der Waals surface area (Å²) in [6.45, 7) is 7.88. The highest BCUT2D eigenvalue weighted by Crippen LogP contribution is 2.50. The molecule has 6 heteroatoms. The van der Waals surface area contributed by atoms with E-state index in [2.05, 4.69) is 48.1 Å². The number of nitrogens with one attached hydrogen (secondary N) is 1. The highest BCUT2D eigenvalue weighted by molar-refractivity contribution is 7.89. The molecule has 2 heterocycles. The van der Waals surface area contributed by atoms with Gasteiger partial charge in [-0.2, -0.15) is 4.31 Å². The molecule has 3 unspecified atom stereocenters. The van der Waals surface area contributed by atoms with E-state index in [1.807, 2.05) is 12.1 Å². The summed E-state index contributed by atoms with van der Waals surface area (Å²) in [6.07, 6.45) is 8.64. The monoisotopic (exact) mass is 412 g/mol. The Hall–Kier alpha value is -2.15. The Labute approximate surface area is 170 Å². The topological polar surface area (TPSA) is 49.4 Å². The van der Waals surface area contributed by atoms with Crippen LogP contribution in [0.4, 0.5) is 5.69 Å². The molecule has 0 saturated carbocycles. The zero-order valence-electron chi connectivity index (χ0n) is 15.6. The van der Waals surface area contributed by atoms with Gasteiger partial charge in [-0.05, 0) is 47.5 Å². The normalized spacial score (nSPS) is 23.1. The van der Waals surface area contributed by atoms with Gasteiger partial charge >= 0.3 is 0 Å². The second-order valence-electron chi connectivity index (χ2n) is 7.14. The van der Waals surface area contributed by atoms with Gasteiger partial charge in [-0.1, -0.05) is 30.4 Å². The van der Waals surface area contributed by atoms with Crippen LogP contribution in [0.3, 0.4) is 0 Å². The van der Waals surface area contributed by atoms with Crippen molar-refractivity contribution in [1.82, 2.24) is 4.31 Å². The zero-order valence-corrected chi connectivity index (χ0v) is 17.3. The smallest absolute Gasteiger partial charge is 0.243 e. The fraction of sp³-hybridized carbons (Fsp3) is 0.273. The Morgan fingerprint density at radius 3 is 2.68 bits per heavy atom. The summed E-state index contributed by atoms with van der Waals surface area (Å²) in [4.78, 5) is 1.65. The number of fused-ring (bicyclic) bond motifs is 3. The van der Waals surface area contributed by atoms with Gasteiger partial charge in [0.2, 0.25) is 10.0 Å². The average molecular weight is 413 g/mol. The number of hydrogen-bond donors (Lipinski definition) is 1. The first kappa shape index (κ1) is 19.2. The Bertz CT molecular complexity index is 999. The lowest BCUT2D eigenvalue weighted by Gasteiger charge is -2.37. The van der Waals surface area contributed by atoms with Gasteiger partial charge in [0, 0.05) is 29.6 Å². The summed E-state index contributed by atoms with van der Waals surface area (Å²) < 4.78 is 27.7. The van der Waals surface area contributed by atoms with Crippen LogP contribution >= 0.6 is 11.3 Å². The van der Waals surface area contributed by atoms with Crippen LogP contribution in [-0.2, 0) is 10.0 Å². The minimum atomic E-state index is -3.60. The minimum absolute atomic E-state index is 0.228. The molecule has 1 aliphatic carbocycles. The minimum Gasteiger partial charge on any atom is -0.377 e. The number of sulfonamides is 1. The maximum atomic E-state index is 13.1. The molecule has 0 saturated heterocycles. The van der Waals surface area contributed by atoms with Crippen LogP contribution in [0, 0.1) is 5.92 Å². The van der Waals surface area contributed by atoms with Gasteiger partial charge in [0.25, 0.3) is 0 Å². The first-order valence-electron chi connectivity index (χ1n) is 9.38. The molecule has 28 heavy (non-hydrogen) atoms. The molecule has 0 spiro atoms. The van der Waals surface area contributed by atoms with Crippen molar-refractivity contribution in [3.8, 4) is 0 Å². The first-order chi connectivity index (χ1) is 13.6. The van der Waals surface area contributed by atoms with E-state index in [1.54, 1.807) is 29.6 Å². The number of thiophene rings is 1. The molecule has 0 amide bonds. The lowest BCUT2D eigenvalue weighted by molar-refractivity contribution is 0.429. The third-order valence-electron chi connectivity index (χ3n) is 5.49. The Balaban J connectivity index is 1.73. The average Bonchev–Trinajstić information content (AvgIpc) is 3.39. The van der Waals surface area contributed by atoms with E-state index in [0.29, 0.717) is 10.8 Å². The van der Waals surface area contributed by atoms with Crippen molar-refractivity contribution >= 4 is 27.0 Å². The van der Waals surface area contributed by atoms with Gasteiger partial charge in [-0.3, -0.25) is 0 Å². The van der Waals surface area contributed by atoms with E-state index in [-0.39, 0.29) is 25.0 Å². The highest BCUT2D eigenvalue weighted by Gasteiger charge is 2.39. The summed E-state index contributed by atoms with van der Waals surface area (Å²) in [5.74, 6) is 0.632. The molecule has 0 radical (unpaired) electrons. The maximum Gasteiger partial charge on any atom is 0.243 e. The summed E-state index contributed by atoms with van der Waals surface area (Å²) >= 11 is 1.76. The van der Waals surface area contributed by atoms with Gasteiger partial charge in [0.15, 0.2) is 0 Å². The zero-order chi connectivity index (χ0) is 19.7. The van der Waals surface area contributed by atoms with E-state index < -0.39 is 10.0 Å². The molecule has 1 aliphatic heterocycles. The Kier molecular flexibility index (Phi) is 5.27. The molecule has 1 N–H and O–H groups in total. The molecule has 146 valence electrons. The standard InChI is InChI=1S/C22H24N2O2S2/c1-3-12-24(13-4-2)28(25,26)16-10-11-20-19(15-16)17-7-5-8-18(17)22(23-20)21-9-6-14-27-21/h3-7,9-11,14-15,17-18,22-23H,1-2,8,12-13H2. The van der Waals surface area contributed by atoms with Gasteiger partial charge < -0.3 is 5.32 Å². The molecule has 4 nitrogen and oxygen atoms in total. The number of hydrogen-bond acceptors (Lipinski definition) is 4. The lowest BCUT2D eigenvalue weighted by atomic mass is 9.79. The highest BCUT2D eigenvalue weighted by atomic mass is 32.2. The van der Waals surface area contributed by atoms with Crippen molar-refractivity contribution in [1.29, 1.82) is 0 Å². The van der Waals surface area contributed by atoms with Crippen molar-refractivity contribution in [2.45, 2.75) is 23.3 Å². The van der Waals surface area contributed by atoms with Crippen LogP contribution in [0.2, 0.25) is 0 Å². The third-order valence-corrected chi connectivity index (χ3v) is 8.27. The van der Waals surface area contributed by atoms with E-state index in [0.717, 1.165) is 17.7 Å². The van der Waals surface area contributed by atoms with Crippen LogP contribution in [0.25, 0.3) is 0 Å².